The second-order valence-corrected chi connectivity index (χ2v) is 2.77. The van der Waals surface area contributed by atoms with Gasteiger partial charge in [0.2, 0.25) is 5.82 Å². The van der Waals surface area contributed by atoms with Crippen LogP contribution in [-0.2, 0) is 0 Å². The van der Waals surface area contributed by atoms with Crippen LogP contribution in [0.4, 0.5) is 11.6 Å². The number of nitrogens with two attached hydrogens (primary N) is 1. The molecule has 0 saturated heterocycles. The van der Waals surface area contributed by atoms with E-state index in [9.17, 15) is 0 Å². The van der Waals surface area contributed by atoms with Gasteiger partial charge >= 0.3 is 0 Å². The van der Waals surface area contributed by atoms with Crippen molar-refractivity contribution in [2.75, 3.05) is 5.73 Å². The summed E-state index contributed by atoms with van der Waals surface area (Å²) in [7, 11) is 0. The Morgan fingerprint density at radius 2 is 2.25 bits per heavy atom. The third-order valence-electron chi connectivity index (χ3n) is 1.50. The average molecular weight is 165 g/mol. The summed E-state index contributed by atoms with van der Waals surface area (Å²) in [6.07, 6.45) is 1.59. The molecule has 5 nitrogen and oxygen atoms in total. The third kappa shape index (κ3) is 1.55. The van der Waals surface area contributed by atoms with E-state index in [2.05, 4.69) is 15.1 Å². The lowest BCUT2D eigenvalue weighted by Crippen LogP contribution is -1.99. The van der Waals surface area contributed by atoms with Gasteiger partial charge in [-0.25, -0.2) is 15.5 Å². The molecule has 0 radical (unpaired) electrons. The minimum atomic E-state index is 0.180. The van der Waals surface area contributed by atoms with Crippen LogP contribution in [0.3, 0.4) is 0 Å². The number of hydrogen-bond acceptors (Lipinski definition) is 5. The fourth-order valence-corrected chi connectivity index (χ4v) is 0.776. The van der Waals surface area contributed by atoms with Crippen molar-refractivity contribution < 1.29 is 0 Å². The molecule has 12 heavy (non-hydrogen) atoms. The number of nitrogens with one attached hydrogen (secondary N) is 1. The van der Waals surface area contributed by atoms with Crippen LogP contribution in [0.5, 0.6) is 0 Å². The molecular formula is C7H11N5. The van der Waals surface area contributed by atoms with E-state index >= 15 is 0 Å². The van der Waals surface area contributed by atoms with Gasteiger partial charge in [0.15, 0.2) is 5.82 Å². The van der Waals surface area contributed by atoms with Crippen LogP contribution >= 0.6 is 0 Å². The minimum Gasteiger partial charge on any atom is -0.380 e. The SMILES string of the molecule is CC(C)c1cnc(N=N)c(N)n1. The van der Waals surface area contributed by atoms with Gasteiger partial charge < -0.3 is 5.73 Å². The number of aromatic nitrogens is 2. The van der Waals surface area contributed by atoms with E-state index < -0.39 is 0 Å². The first-order chi connectivity index (χ1) is 5.65. The predicted molar refractivity (Wildman–Crippen MR) is 45.3 cm³/mol. The molecule has 0 spiro atoms. The van der Waals surface area contributed by atoms with E-state index in [1.54, 1.807) is 6.20 Å². The van der Waals surface area contributed by atoms with Crippen LogP contribution in [0.15, 0.2) is 11.3 Å². The summed E-state index contributed by atoms with van der Waals surface area (Å²) in [5, 5.41) is 3.12. The van der Waals surface area contributed by atoms with Gasteiger partial charge in [-0.2, -0.15) is 0 Å². The lowest BCUT2D eigenvalue weighted by atomic mass is 10.1. The maximum absolute atomic E-state index is 6.70. The average Bonchev–Trinajstić information content (AvgIpc) is 2.04. The topological polar surface area (TPSA) is 88.0 Å². The maximum Gasteiger partial charge on any atom is 0.216 e. The Labute approximate surface area is 70.5 Å². The van der Waals surface area contributed by atoms with Crippen molar-refractivity contribution in [2.24, 2.45) is 5.11 Å². The molecule has 3 N–H and O–H groups in total. The number of rotatable bonds is 2. The van der Waals surface area contributed by atoms with Crippen LogP contribution in [0.2, 0.25) is 0 Å². The molecule has 0 aliphatic carbocycles. The minimum absolute atomic E-state index is 0.180. The van der Waals surface area contributed by atoms with E-state index in [4.69, 9.17) is 11.3 Å². The van der Waals surface area contributed by atoms with Crippen LogP contribution in [-0.4, -0.2) is 9.97 Å². The van der Waals surface area contributed by atoms with Gasteiger partial charge in [0.1, 0.15) is 0 Å². The predicted octanol–water partition coefficient (Wildman–Crippen LogP) is 1.84. The molecule has 0 aliphatic heterocycles. The first-order valence-electron chi connectivity index (χ1n) is 3.65. The smallest absolute Gasteiger partial charge is 0.216 e. The van der Waals surface area contributed by atoms with Gasteiger partial charge in [-0.1, -0.05) is 13.8 Å². The molecule has 1 aromatic heterocycles. The molecule has 5 heteroatoms. The van der Waals surface area contributed by atoms with E-state index in [-0.39, 0.29) is 11.6 Å². The molecule has 1 aromatic rings. The van der Waals surface area contributed by atoms with Crippen molar-refractivity contribution in [3.05, 3.63) is 11.9 Å². The summed E-state index contributed by atoms with van der Waals surface area (Å²) >= 11 is 0. The molecule has 1 heterocycles. The lowest BCUT2D eigenvalue weighted by molar-refractivity contribution is 0.813. The van der Waals surface area contributed by atoms with E-state index in [0.29, 0.717) is 5.92 Å². The van der Waals surface area contributed by atoms with Gasteiger partial charge in [0.05, 0.1) is 11.9 Å². The van der Waals surface area contributed by atoms with Crippen LogP contribution < -0.4 is 5.73 Å². The largest absolute Gasteiger partial charge is 0.380 e. The summed E-state index contributed by atoms with van der Waals surface area (Å²) < 4.78 is 0. The van der Waals surface area contributed by atoms with Crippen LogP contribution in [0.25, 0.3) is 0 Å². The summed E-state index contributed by atoms with van der Waals surface area (Å²) in [6, 6.07) is 0. The second kappa shape index (κ2) is 3.25. The summed E-state index contributed by atoms with van der Waals surface area (Å²) in [5.41, 5.74) is 13.0. The third-order valence-corrected chi connectivity index (χ3v) is 1.50. The van der Waals surface area contributed by atoms with Crippen molar-refractivity contribution in [1.82, 2.24) is 9.97 Å². The highest BCUT2D eigenvalue weighted by Crippen LogP contribution is 2.18. The Hall–Kier alpha value is -1.52. The highest BCUT2D eigenvalue weighted by Gasteiger charge is 2.05. The Balaban J connectivity index is 3.10. The monoisotopic (exact) mass is 165 g/mol. The number of hydrogen-bond donors (Lipinski definition) is 2. The highest BCUT2D eigenvalue weighted by atomic mass is 15.1. The first-order valence-corrected chi connectivity index (χ1v) is 3.65. The summed E-state index contributed by atoms with van der Waals surface area (Å²) in [4.78, 5) is 7.92. The molecule has 64 valence electrons. The molecule has 0 fully saturated rings. The standard InChI is InChI=1S/C7H11N5/c1-4(2)5-3-10-7(12-9)6(8)11-5/h3-4,9H,1-2H3,(H2,8,11). The summed E-state index contributed by atoms with van der Waals surface area (Å²) in [6.45, 7) is 4.00. The first kappa shape index (κ1) is 8.58. The Morgan fingerprint density at radius 1 is 1.58 bits per heavy atom. The molecule has 0 amide bonds. The van der Waals surface area contributed by atoms with Gasteiger partial charge in [-0.05, 0) is 5.92 Å². The zero-order valence-electron chi connectivity index (χ0n) is 7.07. The Morgan fingerprint density at radius 3 is 2.67 bits per heavy atom. The number of nitrogen functional groups attached to an aromatic ring is 1. The summed E-state index contributed by atoms with van der Waals surface area (Å²) in [5.74, 6) is 0.690. The van der Waals surface area contributed by atoms with Crippen molar-refractivity contribution >= 4 is 11.6 Å². The van der Waals surface area contributed by atoms with Crippen molar-refractivity contribution in [2.45, 2.75) is 19.8 Å². The maximum atomic E-state index is 6.70. The lowest BCUT2D eigenvalue weighted by Gasteiger charge is -2.04. The zero-order valence-corrected chi connectivity index (χ0v) is 7.07. The van der Waals surface area contributed by atoms with Gasteiger partial charge in [0, 0.05) is 0 Å². The fourth-order valence-electron chi connectivity index (χ4n) is 0.776. The Bertz CT molecular complexity index is 294. The van der Waals surface area contributed by atoms with Gasteiger partial charge in [0.25, 0.3) is 0 Å². The molecule has 0 bridgehead atoms. The van der Waals surface area contributed by atoms with Crippen LogP contribution in [0.1, 0.15) is 25.5 Å². The van der Waals surface area contributed by atoms with Crippen LogP contribution in [0, 0.1) is 5.53 Å². The quantitative estimate of drug-likeness (QED) is 0.655. The van der Waals surface area contributed by atoms with Crippen molar-refractivity contribution in [1.29, 1.82) is 5.53 Å². The molecular weight excluding hydrogens is 154 g/mol. The Kier molecular flexibility index (Phi) is 2.32. The molecule has 0 aliphatic rings. The molecule has 0 unspecified atom stereocenters. The molecule has 0 atom stereocenters. The van der Waals surface area contributed by atoms with Gasteiger partial charge in [-0.15, -0.1) is 5.11 Å². The van der Waals surface area contributed by atoms with Crippen molar-refractivity contribution in [3.8, 4) is 0 Å². The highest BCUT2D eigenvalue weighted by molar-refractivity contribution is 5.50. The van der Waals surface area contributed by atoms with E-state index in [0.717, 1.165) is 5.69 Å². The normalized spacial score (nSPS) is 10.2. The number of anilines is 1. The molecule has 0 aromatic carbocycles. The molecule has 1 rings (SSSR count). The zero-order chi connectivity index (χ0) is 9.14. The molecule has 0 saturated carbocycles. The fraction of sp³-hybridized carbons (Fsp3) is 0.429. The second-order valence-electron chi connectivity index (χ2n) is 2.77. The van der Waals surface area contributed by atoms with E-state index in [1.165, 1.54) is 0 Å². The van der Waals surface area contributed by atoms with Crippen molar-refractivity contribution in [3.63, 3.8) is 0 Å². The van der Waals surface area contributed by atoms with E-state index in [1.807, 2.05) is 13.8 Å². The number of nitrogens with zero attached hydrogens (tertiary/aromatic N) is 3. The van der Waals surface area contributed by atoms with Gasteiger partial charge in [-0.3, -0.25) is 0 Å².